The Kier molecular flexibility index (Phi) is 4.64. The molecule has 1 aromatic heterocycles. The minimum Gasteiger partial charge on any atom is -0.480 e. The van der Waals surface area contributed by atoms with Crippen LogP contribution in [0.3, 0.4) is 0 Å². The molecule has 1 unspecified atom stereocenters. The van der Waals surface area contributed by atoms with Crippen molar-refractivity contribution < 1.29 is 14.4 Å². The van der Waals surface area contributed by atoms with Crippen molar-refractivity contribution in [2.24, 2.45) is 5.73 Å². The minimum absolute atomic E-state index is 0.465. The van der Waals surface area contributed by atoms with Crippen LogP contribution in [-0.2, 0) is 10.5 Å². The van der Waals surface area contributed by atoms with Crippen LogP contribution in [0.2, 0.25) is 0 Å². The fraction of sp³-hybridized carbons (Fsp3) is 0.556. The fourth-order valence-electron chi connectivity index (χ4n) is 0.991. The van der Waals surface area contributed by atoms with Crippen molar-refractivity contribution >= 4 is 17.7 Å². The van der Waals surface area contributed by atoms with E-state index in [1.165, 1.54) is 0 Å². The summed E-state index contributed by atoms with van der Waals surface area (Å²) in [5, 5.41) is 12.3. The Labute approximate surface area is 92.0 Å². The van der Waals surface area contributed by atoms with Gasteiger partial charge in [0.05, 0.1) is 11.4 Å². The summed E-state index contributed by atoms with van der Waals surface area (Å²) in [5.41, 5.74) is 6.21. The molecule has 0 saturated heterocycles. The molecule has 0 saturated carbocycles. The van der Waals surface area contributed by atoms with Crippen LogP contribution < -0.4 is 5.73 Å². The molecule has 1 heterocycles. The second-order valence-electron chi connectivity index (χ2n) is 3.22. The zero-order valence-electron chi connectivity index (χ0n) is 8.47. The molecule has 0 aliphatic carbocycles. The van der Waals surface area contributed by atoms with Gasteiger partial charge in [0.1, 0.15) is 11.8 Å². The highest BCUT2D eigenvalue weighted by atomic mass is 32.2. The molecule has 0 bridgehead atoms. The number of thioether (sulfide) groups is 1. The molecule has 1 rings (SSSR count). The van der Waals surface area contributed by atoms with Crippen molar-refractivity contribution in [3.05, 3.63) is 17.5 Å². The van der Waals surface area contributed by atoms with E-state index in [0.29, 0.717) is 17.9 Å². The van der Waals surface area contributed by atoms with E-state index in [1.54, 1.807) is 11.8 Å². The third kappa shape index (κ3) is 4.35. The molecule has 0 aromatic carbocycles. The Morgan fingerprint density at radius 1 is 1.80 bits per heavy atom. The predicted molar refractivity (Wildman–Crippen MR) is 57.6 cm³/mol. The zero-order valence-corrected chi connectivity index (χ0v) is 9.29. The van der Waals surface area contributed by atoms with E-state index in [0.717, 1.165) is 11.5 Å². The van der Waals surface area contributed by atoms with Gasteiger partial charge in [-0.2, -0.15) is 11.8 Å². The number of nitrogens with two attached hydrogens (primary N) is 1. The van der Waals surface area contributed by atoms with Crippen LogP contribution in [0.15, 0.2) is 10.6 Å². The van der Waals surface area contributed by atoms with Crippen LogP contribution in [0.1, 0.15) is 17.9 Å². The lowest BCUT2D eigenvalue weighted by Crippen LogP contribution is -2.30. The lowest BCUT2D eigenvalue weighted by molar-refractivity contribution is -0.138. The van der Waals surface area contributed by atoms with Gasteiger partial charge >= 0.3 is 5.97 Å². The van der Waals surface area contributed by atoms with Crippen LogP contribution in [0.25, 0.3) is 0 Å². The number of aromatic nitrogens is 1. The van der Waals surface area contributed by atoms with Crippen LogP contribution >= 0.6 is 11.8 Å². The monoisotopic (exact) mass is 230 g/mol. The fourth-order valence-corrected chi connectivity index (χ4v) is 1.89. The number of nitrogens with zero attached hydrogens (tertiary/aromatic N) is 1. The van der Waals surface area contributed by atoms with Crippen molar-refractivity contribution in [1.82, 2.24) is 5.16 Å². The van der Waals surface area contributed by atoms with Gasteiger partial charge in [-0.3, -0.25) is 4.79 Å². The summed E-state index contributed by atoms with van der Waals surface area (Å²) in [4.78, 5) is 10.4. The second-order valence-corrected chi connectivity index (χ2v) is 4.33. The molecule has 0 amide bonds. The summed E-state index contributed by atoms with van der Waals surface area (Å²) in [7, 11) is 0. The molecule has 1 atom stereocenters. The first kappa shape index (κ1) is 12.1. The van der Waals surface area contributed by atoms with E-state index in [2.05, 4.69) is 5.16 Å². The molecular formula is C9H14N2O3S. The summed E-state index contributed by atoms with van der Waals surface area (Å²) in [6, 6.07) is 1.10. The number of aliphatic carboxylic acids is 1. The second kappa shape index (κ2) is 5.77. The number of hydrogen-bond acceptors (Lipinski definition) is 5. The van der Waals surface area contributed by atoms with Gasteiger partial charge in [0.15, 0.2) is 0 Å². The van der Waals surface area contributed by atoms with Gasteiger partial charge in [0.25, 0.3) is 0 Å². The summed E-state index contributed by atoms with van der Waals surface area (Å²) < 4.78 is 5.00. The molecule has 5 nitrogen and oxygen atoms in total. The van der Waals surface area contributed by atoms with Crippen LogP contribution in [0.5, 0.6) is 0 Å². The highest BCUT2D eigenvalue weighted by Crippen LogP contribution is 2.14. The van der Waals surface area contributed by atoms with E-state index in [9.17, 15) is 4.79 Å². The Hall–Kier alpha value is -1.01. The van der Waals surface area contributed by atoms with Gasteiger partial charge in [-0.1, -0.05) is 5.16 Å². The Balaban J connectivity index is 2.14. The van der Waals surface area contributed by atoms with E-state index in [-0.39, 0.29) is 0 Å². The van der Waals surface area contributed by atoms with Gasteiger partial charge in [0.2, 0.25) is 0 Å². The van der Waals surface area contributed by atoms with Gasteiger partial charge in [-0.25, -0.2) is 0 Å². The van der Waals surface area contributed by atoms with Gasteiger partial charge in [-0.15, -0.1) is 0 Å². The largest absolute Gasteiger partial charge is 0.480 e. The normalized spacial score (nSPS) is 12.7. The zero-order chi connectivity index (χ0) is 11.3. The van der Waals surface area contributed by atoms with Gasteiger partial charge in [0, 0.05) is 6.07 Å². The lowest BCUT2D eigenvalue weighted by atomic mass is 10.2. The number of carboxylic acids is 1. The molecule has 0 radical (unpaired) electrons. The first-order valence-corrected chi connectivity index (χ1v) is 5.73. The summed E-state index contributed by atoms with van der Waals surface area (Å²) in [5.74, 6) is 1.26. The van der Waals surface area contributed by atoms with Gasteiger partial charge < -0.3 is 15.4 Å². The number of aryl methyl sites for hydroxylation is 1. The predicted octanol–water partition coefficient (Wildman–Crippen LogP) is 1.02. The molecule has 0 fully saturated rings. The Morgan fingerprint density at radius 2 is 2.53 bits per heavy atom. The first-order chi connectivity index (χ1) is 7.09. The van der Waals surface area contributed by atoms with E-state index >= 15 is 0 Å². The average Bonchev–Trinajstić information content (AvgIpc) is 2.58. The highest BCUT2D eigenvalue weighted by molar-refractivity contribution is 7.98. The van der Waals surface area contributed by atoms with Crippen molar-refractivity contribution in [2.75, 3.05) is 5.75 Å². The van der Waals surface area contributed by atoms with Crippen LogP contribution in [0.4, 0.5) is 0 Å². The summed E-state index contributed by atoms with van der Waals surface area (Å²) >= 11 is 1.59. The molecule has 15 heavy (non-hydrogen) atoms. The molecule has 0 aliphatic heterocycles. The molecular weight excluding hydrogens is 216 g/mol. The summed E-state index contributed by atoms with van der Waals surface area (Å²) in [6.45, 7) is 1.86. The maximum absolute atomic E-state index is 10.4. The topological polar surface area (TPSA) is 89.4 Å². The average molecular weight is 230 g/mol. The molecule has 0 spiro atoms. The van der Waals surface area contributed by atoms with Crippen molar-refractivity contribution in [2.45, 2.75) is 25.1 Å². The number of carboxylic acid groups (broad SMARTS) is 1. The van der Waals surface area contributed by atoms with Crippen molar-refractivity contribution in [3.8, 4) is 0 Å². The highest BCUT2D eigenvalue weighted by Gasteiger charge is 2.10. The SMILES string of the molecule is Cc1cc(CSCCC(N)C(=O)O)on1. The standard InChI is InChI=1S/C9H14N2O3S/c1-6-4-7(14-11-6)5-15-3-2-8(10)9(12)13/h4,8H,2-3,5,10H2,1H3,(H,12,13). The lowest BCUT2D eigenvalue weighted by Gasteiger charge is -2.04. The van der Waals surface area contributed by atoms with E-state index in [4.69, 9.17) is 15.4 Å². The van der Waals surface area contributed by atoms with Crippen molar-refractivity contribution in [1.29, 1.82) is 0 Å². The molecule has 0 aliphatic rings. The maximum Gasteiger partial charge on any atom is 0.320 e. The van der Waals surface area contributed by atoms with Gasteiger partial charge in [-0.05, 0) is 19.1 Å². The molecule has 3 N–H and O–H groups in total. The number of hydrogen-bond donors (Lipinski definition) is 2. The minimum atomic E-state index is -0.953. The third-order valence-corrected chi connectivity index (χ3v) is 2.82. The van der Waals surface area contributed by atoms with Crippen molar-refractivity contribution in [3.63, 3.8) is 0 Å². The number of carbonyl (C=O) groups is 1. The summed E-state index contributed by atoms with van der Waals surface area (Å²) in [6.07, 6.45) is 0.465. The smallest absolute Gasteiger partial charge is 0.320 e. The first-order valence-electron chi connectivity index (χ1n) is 4.58. The number of rotatable bonds is 6. The Bertz CT molecular complexity index is 327. The third-order valence-electron chi connectivity index (χ3n) is 1.81. The molecule has 1 aromatic rings. The van der Waals surface area contributed by atoms with Crippen LogP contribution in [0, 0.1) is 6.92 Å². The molecule has 6 heteroatoms. The quantitative estimate of drug-likeness (QED) is 0.709. The van der Waals surface area contributed by atoms with E-state index < -0.39 is 12.0 Å². The maximum atomic E-state index is 10.4. The Morgan fingerprint density at radius 3 is 3.07 bits per heavy atom. The molecule has 84 valence electrons. The van der Waals surface area contributed by atoms with Crippen LogP contribution in [-0.4, -0.2) is 28.0 Å². The van der Waals surface area contributed by atoms with E-state index in [1.807, 2.05) is 13.0 Å².